The van der Waals surface area contributed by atoms with E-state index in [2.05, 4.69) is 26.0 Å². The van der Waals surface area contributed by atoms with Crippen LogP contribution < -0.4 is 0 Å². The molecule has 0 aromatic rings. The van der Waals surface area contributed by atoms with Gasteiger partial charge in [-0.25, -0.2) is 0 Å². The number of Topliss-reactive ketones (excluding diaryl/α,β-unsaturated/α-hetero) is 1. The van der Waals surface area contributed by atoms with Crippen molar-refractivity contribution in [2.75, 3.05) is 13.7 Å². The Bertz CT molecular complexity index is 502. The molecule has 2 saturated carbocycles. The monoisotopic (exact) mass is 302 g/mol. The molecule has 2 nitrogen and oxygen atoms in total. The predicted molar refractivity (Wildman–Crippen MR) is 89.6 cm³/mol. The summed E-state index contributed by atoms with van der Waals surface area (Å²) in [6.07, 6.45) is 12.4. The van der Waals surface area contributed by atoms with Crippen LogP contribution in [0.1, 0.15) is 58.8 Å². The summed E-state index contributed by atoms with van der Waals surface area (Å²) >= 11 is 0. The van der Waals surface area contributed by atoms with Gasteiger partial charge in [-0.2, -0.15) is 0 Å². The fraction of sp³-hybridized carbons (Fsp3) is 0.750. The lowest BCUT2D eigenvalue weighted by Crippen LogP contribution is -2.43. The Morgan fingerprint density at radius 3 is 2.82 bits per heavy atom. The van der Waals surface area contributed by atoms with Crippen LogP contribution in [0.25, 0.3) is 0 Å². The van der Waals surface area contributed by atoms with Crippen LogP contribution in [0.5, 0.6) is 0 Å². The van der Waals surface area contributed by atoms with Crippen LogP contribution in [0.3, 0.4) is 0 Å². The second kappa shape index (κ2) is 6.31. The van der Waals surface area contributed by atoms with Gasteiger partial charge in [-0.3, -0.25) is 4.79 Å². The normalized spacial score (nSPS) is 38.5. The van der Waals surface area contributed by atoms with Crippen LogP contribution in [0.2, 0.25) is 0 Å². The number of hydrogen-bond donors (Lipinski definition) is 0. The molecule has 0 bridgehead atoms. The highest BCUT2D eigenvalue weighted by Gasteiger charge is 2.54. The maximum atomic E-state index is 12.4. The number of carbonyl (C=O) groups excluding carboxylic acids is 1. The van der Waals surface area contributed by atoms with Crippen LogP contribution in [-0.4, -0.2) is 19.5 Å². The molecule has 0 aliphatic heterocycles. The lowest BCUT2D eigenvalue weighted by Gasteiger charge is -2.48. The summed E-state index contributed by atoms with van der Waals surface area (Å²) < 4.78 is 5.18. The summed E-state index contributed by atoms with van der Waals surface area (Å²) in [6.45, 7) is 5.23. The lowest BCUT2D eigenvalue weighted by molar-refractivity contribution is -0.129. The Labute approximate surface area is 135 Å². The van der Waals surface area contributed by atoms with Gasteiger partial charge in [-0.05, 0) is 61.9 Å². The Balaban J connectivity index is 1.88. The summed E-state index contributed by atoms with van der Waals surface area (Å²) in [7, 11) is 1.75. The minimum absolute atomic E-state index is 0.00770. The van der Waals surface area contributed by atoms with E-state index in [1.807, 2.05) is 0 Å². The fourth-order valence-corrected chi connectivity index (χ4v) is 5.49. The first-order valence-corrected chi connectivity index (χ1v) is 9.02. The average molecular weight is 302 g/mol. The van der Waals surface area contributed by atoms with Gasteiger partial charge < -0.3 is 4.74 Å². The standard InChI is InChI=1S/C20H30O2/c1-4-14-7-8-17-16(15(14)6-5-13-22-3)11-12-20(2)18(17)9-10-19(20)21/h5-6,16-18H,4,7-13H2,1-3H3/b6-5-/t16?,17?,18?,20-/m0/s1. The smallest absolute Gasteiger partial charge is 0.139 e. The molecule has 0 spiro atoms. The summed E-state index contributed by atoms with van der Waals surface area (Å²) in [5.74, 6) is 2.57. The third-order valence-corrected chi connectivity index (χ3v) is 6.72. The minimum atomic E-state index is -0.00770. The third kappa shape index (κ3) is 2.50. The van der Waals surface area contributed by atoms with Crippen molar-refractivity contribution in [3.63, 3.8) is 0 Å². The SMILES string of the molecule is CCC1=C(/C=C\COC)C2CC[C@]3(C)C(=O)CCC3C2CC1. The van der Waals surface area contributed by atoms with Crippen LogP contribution in [0.15, 0.2) is 23.3 Å². The maximum Gasteiger partial charge on any atom is 0.139 e. The molecule has 122 valence electrons. The van der Waals surface area contributed by atoms with Crippen molar-refractivity contribution in [2.45, 2.75) is 58.8 Å². The second-order valence-electron chi connectivity index (χ2n) is 7.60. The molecule has 2 heteroatoms. The number of carbonyl (C=O) groups is 1. The van der Waals surface area contributed by atoms with E-state index in [1.165, 1.54) is 19.3 Å². The Hall–Kier alpha value is -0.890. The third-order valence-electron chi connectivity index (χ3n) is 6.72. The van der Waals surface area contributed by atoms with Crippen molar-refractivity contribution in [3.8, 4) is 0 Å². The number of fused-ring (bicyclic) bond motifs is 3. The van der Waals surface area contributed by atoms with Crippen LogP contribution in [-0.2, 0) is 9.53 Å². The number of hydrogen-bond acceptors (Lipinski definition) is 2. The first kappa shape index (κ1) is 16.0. The topological polar surface area (TPSA) is 26.3 Å². The van der Waals surface area contributed by atoms with Gasteiger partial charge >= 0.3 is 0 Å². The molecule has 0 radical (unpaired) electrons. The Morgan fingerprint density at radius 1 is 1.27 bits per heavy atom. The largest absolute Gasteiger partial charge is 0.381 e. The predicted octanol–water partition coefficient (Wildman–Crippen LogP) is 4.70. The van der Waals surface area contributed by atoms with Gasteiger partial charge in [-0.1, -0.05) is 31.6 Å². The molecule has 3 aliphatic rings. The Morgan fingerprint density at radius 2 is 2.09 bits per heavy atom. The first-order chi connectivity index (χ1) is 10.6. The van der Waals surface area contributed by atoms with Gasteiger partial charge in [0.2, 0.25) is 0 Å². The van der Waals surface area contributed by atoms with Gasteiger partial charge in [0.15, 0.2) is 0 Å². The second-order valence-corrected chi connectivity index (χ2v) is 7.60. The van der Waals surface area contributed by atoms with E-state index in [0.29, 0.717) is 24.2 Å². The fourth-order valence-electron chi connectivity index (χ4n) is 5.49. The van der Waals surface area contributed by atoms with Crippen molar-refractivity contribution in [3.05, 3.63) is 23.3 Å². The molecule has 0 amide bonds. The zero-order chi connectivity index (χ0) is 15.7. The van der Waals surface area contributed by atoms with E-state index in [1.54, 1.807) is 18.3 Å². The summed E-state index contributed by atoms with van der Waals surface area (Å²) in [4.78, 5) is 12.4. The van der Waals surface area contributed by atoms with Crippen molar-refractivity contribution in [1.29, 1.82) is 0 Å². The van der Waals surface area contributed by atoms with Crippen molar-refractivity contribution >= 4 is 5.78 Å². The molecule has 4 atom stereocenters. The molecule has 3 unspecified atom stereocenters. The first-order valence-electron chi connectivity index (χ1n) is 9.02. The highest BCUT2D eigenvalue weighted by Crippen LogP contribution is 2.58. The highest BCUT2D eigenvalue weighted by atomic mass is 16.5. The maximum absolute atomic E-state index is 12.4. The van der Waals surface area contributed by atoms with E-state index >= 15 is 0 Å². The van der Waals surface area contributed by atoms with Crippen molar-refractivity contribution < 1.29 is 9.53 Å². The number of rotatable bonds is 4. The molecule has 0 aromatic carbocycles. The number of ether oxygens (including phenoxy) is 1. The quantitative estimate of drug-likeness (QED) is 0.752. The van der Waals surface area contributed by atoms with Crippen molar-refractivity contribution in [2.24, 2.45) is 23.2 Å². The molecular formula is C20H30O2. The summed E-state index contributed by atoms with van der Waals surface area (Å²) in [5, 5.41) is 0. The van der Waals surface area contributed by atoms with E-state index in [4.69, 9.17) is 4.74 Å². The van der Waals surface area contributed by atoms with E-state index in [0.717, 1.165) is 31.6 Å². The number of allylic oxidation sites excluding steroid dienone is 3. The number of methoxy groups -OCH3 is 1. The molecule has 0 N–H and O–H groups in total. The zero-order valence-electron chi connectivity index (χ0n) is 14.4. The Kier molecular flexibility index (Phi) is 4.59. The van der Waals surface area contributed by atoms with Crippen LogP contribution >= 0.6 is 0 Å². The highest BCUT2D eigenvalue weighted by molar-refractivity contribution is 5.87. The van der Waals surface area contributed by atoms with Gasteiger partial charge in [-0.15, -0.1) is 0 Å². The molecular weight excluding hydrogens is 272 g/mol. The van der Waals surface area contributed by atoms with E-state index in [9.17, 15) is 4.79 Å². The van der Waals surface area contributed by atoms with E-state index < -0.39 is 0 Å². The van der Waals surface area contributed by atoms with Crippen molar-refractivity contribution in [1.82, 2.24) is 0 Å². The molecule has 0 aromatic heterocycles. The van der Waals surface area contributed by atoms with Crippen LogP contribution in [0.4, 0.5) is 0 Å². The van der Waals surface area contributed by atoms with Gasteiger partial charge in [0.1, 0.15) is 5.78 Å². The summed E-state index contributed by atoms with van der Waals surface area (Å²) in [5.41, 5.74) is 3.21. The van der Waals surface area contributed by atoms with Gasteiger partial charge in [0.05, 0.1) is 6.61 Å². The average Bonchev–Trinajstić information content (AvgIpc) is 2.83. The van der Waals surface area contributed by atoms with Gasteiger partial charge in [0.25, 0.3) is 0 Å². The number of ketones is 1. The molecule has 0 saturated heterocycles. The molecule has 3 rings (SSSR count). The molecule has 22 heavy (non-hydrogen) atoms. The van der Waals surface area contributed by atoms with Gasteiger partial charge in [0, 0.05) is 18.9 Å². The molecule has 0 heterocycles. The van der Waals surface area contributed by atoms with Crippen LogP contribution in [0, 0.1) is 23.2 Å². The summed E-state index contributed by atoms with van der Waals surface area (Å²) in [6, 6.07) is 0. The minimum Gasteiger partial charge on any atom is -0.381 e. The zero-order valence-corrected chi connectivity index (χ0v) is 14.4. The lowest BCUT2D eigenvalue weighted by atomic mass is 9.55. The molecule has 2 fully saturated rings. The molecule has 3 aliphatic carbocycles. The van der Waals surface area contributed by atoms with E-state index in [-0.39, 0.29) is 5.41 Å².